The van der Waals surface area contributed by atoms with Gasteiger partial charge >= 0.3 is 5.97 Å². The van der Waals surface area contributed by atoms with Gasteiger partial charge in [0.2, 0.25) is 0 Å². The minimum atomic E-state index is -0.823. The van der Waals surface area contributed by atoms with Gasteiger partial charge in [-0.05, 0) is 67.7 Å². The fourth-order valence-corrected chi connectivity index (χ4v) is 4.33. The van der Waals surface area contributed by atoms with Crippen LogP contribution in [0.4, 0.5) is 0 Å². The van der Waals surface area contributed by atoms with E-state index >= 15 is 0 Å². The molecule has 6 nitrogen and oxygen atoms in total. The Bertz CT molecular complexity index is 973. The second-order valence-corrected chi connectivity index (χ2v) is 10.4. The third-order valence-corrected chi connectivity index (χ3v) is 6.17. The van der Waals surface area contributed by atoms with Crippen molar-refractivity contribution in [2.45, 2.75) is 73.3 Å². The number of amidine groups is 1. The zero-order valence-corrected chi connectivity index (χ0v) is 22.6. The highest BCUT2D eigenvalue weighted by atomic mass is 16.5. The molecule has 0 spiro atoms. The molecule has 1 amide bonds. The van der Waals surface area contributed by atoms with E-state index in [-0.39, 0.29) is 30.3 Å². The summed E-state index contributed by atoms with van der Waals surface area (Å²) >= 11 is 0. The van der Waals surface area contributed by atoms with Gasteiger partial charge in [0, 0.05) is 11.1 Å². The third-order valence-electron chi connectivity index (χ3n) is 6.17. The lowest BCUT2D eigenvalue weighted by Gasteiger charge is -2.21. The van der Waals surface area contributed by atoms with Crippen molar-refractivity contribution >= 4 is 23.8 Å². The minimum absolute atomic E-state index is 0.0478. The van der Waals surface area contributed by atoms with Crippen molar-refractivity contribution < 1.29 is 19.1 Å². The summed E-state index contributed by atoms with van der Waals surface area (Å²) in [6, 6.07) is 7.66. The molecule has 2 rings (SSSR count). The van der Waals surface area contributed by atoms with Gasteiger partial charge in [0.25, 0.3) is 5.91 Å². The molecule has 0 saturated heterocycles. The smallest absolute Gasteiger partial charge is 0.334 e. The Morgan fingerprint density at radius 2 is 1.77 bits per heavy atom. The number of amides is 1. The van der Waals surface area contributed by atoms with E-state index in [0.717, 1.165) is 23.3 Å². The van der Waals surface area contributed by atoms with Crippen LogP contribution in [0.5, 0.6) is 5.75 Å². The molecule has 0 bridgehead atoms. The molecule has 2 atom stereocenters. The molecule has 0 radical (unpaired) electrons. The SMILES string of the molecule is CCC(C)/C(C1=NC(C)(CC(C)C)C(=O)N1)=C(/CC(C)C)C(=O)OC/C=C/c1ccc(OC)cc1. The number of hydrogen-bond acceptors (Lipinski definition) is 5. The Balaban J connectivity index is 2.32. The van der Waals surface area contributed by atoms with Crippen LogP contribution in [-0.2, 0) is 14.3 Å². The molecule has 1 heterocycles. The Labute approximate surface area is 210 Å². The van der Waals surface area contributed by atoms with Gasteiger partial charge in [-0.2, -0.15) is 0 Å². The topological polar surface area (TPSA) is 77.0 Å². The lowest BCUT2D eigenvalue weighted by molar-refractivity contribution is -0.138. The van der Waals surface area contributed by atoms with E-state index < -0.39 is 5.54 Å². The number of nitrogens with zero attached hydrogens (tertiary/aromatic N) is 1. The number of aliphatic imine (C=N–C) groups is 1. The van der Waals surface area contributed by atoms with Gasteiger partial charge in [0.1, 0.15) is 23.7 Å². The molecule has 1 aromatic carbocycles. The minimum Gasteiger partial charge on any atom is -0.497 e. The van der Waals surface area contributed by atoms with E-state index in [1.54, 1.807) is 7.11 Å². The van der Waals surface area contributed by atoms with Gasteiger partial charge in [-0.25, -0.2) is 4.79 Å². The maximum Gasteiger partial charge on any atom is 0.334 e. The summed E-state index contributed by atoms with van der Waals surface area (Å²) in [4.78, 5) is 31.0. The fraction of sp³-hybridized carbons (Fsp3) is 0.552. The molecule has 6 heteroatoms. The lowest BCUT2D eigenvalue weighted by atomic mass is 9.88. The maximum atomic E-state index is 13.3. The van der Waals surface area contributed by atoms with Crippen LogP contribution in [0.15, 0.2) is 46.5 Å². The number of ether oxygens (including phenoxy) is 2. The van der Waals surface area contributed by atoms with Crippen LogP contribution in [0.2, 0.25) is 0 Å². The molecule has 0 saturated carbocycles. The monoisotopic (exact) mass is 482 g/mol. The number of carbonyl (C=O) groups is 2. The van der Waals surface area contributed by atoms with E-state index in [1.165, 1.54) is 0 Å². The van der Waals surface area contributed by atoms with Crippen LogP contribution in [0, 0.1) is 17.8 Å². The molecule has 0 aromatic heterocycles. The molecule has 1 aromatic rings. The highest BCUT2D eigenvalue weighted by Gasteiger charge is 2.41. The summed E-state index contributed by atoms with van der Waals surface area (Å²) in [5.41, 5.74) is 1.56. The zero-order valence-electron chi connectivity index (χ0n) is 22.6. The molecule has 1 N–H and O–H groups in total. The van der Waals surface area contributed by atoms with E-state index in [4.69, 9.17) is 14.5 Å². The van der Waals surface area contributed by atoms with Crippen molar-refractivity contribution in [1.82, 2.24) is 5.32 Å². The fourth-order valence-electron chi connectivity index (χ4n) is 4.33. The quantitative estimate of drug-likeness (QED) is 0.294. The van der Waals surface area contributed by atoms with Crippen LogP contribution in [0.25, 0.3) is 6.08 Å². The normalized spacial score (nSPS) is 19.6. The third kappa shape index (κ3) is 7.81. The van der Waals surface area contributed by atoms with Crippen molar-refractivity contribution in [2.75, 3.05) is 13.7 Å². The molecule has 1 aliphatic rings. The van der Waals surface area contributed by atoms with Crippen LogP contribution < -0.4 is 10.1 Å². The number of rotatable bonds is 12. The number of methoxy groups -OCH3 is 1. The number of hydrogen-bond donors (Lipinski definition) is 1. The maximum absolute atomic E-state index is 13.3. The predicted octanol–water partition coefficient (Wildman–Crippen LogP) is 5.97. The molecule has 0 aliphatic carbocycles. The van der Waals surface area contributed by atoms with Crippen molar-refractivity contribution in [3.63, 3.8) is 0 Å². The standard InChI is InChI=1S/C29H42N2O4/c1-9-21(6)25(26-30-28(33)29(7,31-26)18-20(4)5)24(17-19(2)3)27(32)35-16-10-11-22-12-14-23(34-8)15-13-22/h10-15,19-21H,9,16-18H2,1-8H3,(H,30,31,33)/b11-10+,25-24+. The lowest BCUT2D eigenvalue weighted by Crippen LogP contribution is -2.39. The number of nitrogens with one attached hydrogen (secondary N) is 1. The zero-order chi connectivity index (χ0) is 26.2. The summed E-state index contributed by atoms with van der Waals surface area (Å²) in [6.07, 6.45) is 5.75. The average molecular weight is 483 g/mol. The van der Waals surface area contributed by atoms with Crippen molar-refractivity contribution in [3.05, 3.63) is 47.1 Å². The van der Waals surface area contributed by atoms with Gasteiger partial charge in [0.05, 0.1) is 7.11 Å². The molecular formula is C29H42N2O4. The molecule has 0 fully saturated rings. The molecular weight excluding hydrogens is 440 g/mol. The van der Waals surface area contributed by atoms with Crippen LogP contribution in [0.1, 0.15) is 73.3 Å². The average Bonchev–Trinajstić information content (AvgIpc) is 3.08. The molecule has 2 unspecified atom stereocenters. The highest BCUT2D eigenvalue weighted by molar-refractivity contribution is 6.17. The Morgan fingerprint density at radius 3 is 2.31 bits per heavy atom. The van der Waals surface area contributed by atoms with E-state index in [0.29, 0.717) is 30.2 Å². The van der Waals surface area contributed by atoms with Crippen LogP contribution in [-0.4, -0.2) is 37.0 Å². The second-order valence-electron chi connectivity index (χ2n) is 10.4. The van der Waals surface area contributed by atoms with Gasteiger partial charge in [-0.15, -0.1) is 0 Å². The second kappa shape index (κ2) is 12.7. The number of carbonyl (C=O) groups excluding carboxylic acids is 2. The first kappa shape index (κ1) is 28.3. The van der Waals surface area contributed by atoms with E-state index in [1.807, 2.05) is 43.3 Å². The van der Waals surface area contributed by atoms with Crippen molar-refractivity contribution in [1.29, 1.82) is 0 Å². The first-order valence-corrected chi connectivity index (χ1v) is 12.6. The number of esters is 1. The molecule has 1 aliphatic heterocycles. The van der Waals surface area contributed by atoms with Gasteiger partial charge in [-0.3, -0.25) is 9.79 Å². The van der Waals surface area contributed by atoms with Crippen molar-refractivity contribution in [2.24, 2.45) is 22.7 Å². The summed E-state index contributed by atoms with van der Waals surface area (Å²) < 4.78 is 10.9. The summed E-state index contributed by atoms with van der Waals surface area (Å²) in [5, 5.41) is 2.99. The number of benzene rings is 1. The van der Waals surface area contributed by atoms with E-state index in [2.05, 4.69) is 46.9 Å². The summed E-state index contributed by atoms with van der Waals surface area (Å²) in [6.45, 7) is 14.5. The first-order chi connectivity index (χ1) is 16.5. The van der Waals surface area contributed by atoms with E-state index in [9.17, 15) is 9.59 Å². The summed E-state index contributed by atoms with van der Waals surface area (Å²) in [7, 11) is 1.63. The van der Waals surface area contributed by atoms with Gasteiger partial charge in [0.15, 0.2) is 0 Å². The Hall–Kier alpha value is -2.89. The van der Waals surface area contributed by atoms with Gasteiger partial charge < -0.3 is 14.8 Å². The van der Waals surface area contributed by atoms with Crippen molar-refractivity contribution in [3.8, 4) is 5.75 Å². The summed E-state index contributed by atoms with van der Waals surface area (Å²) in [5.74, 6) is 1.46. The largest absolute Gasteiger partial charge is 0.497 e. The predicted molar refractivity (Wildman–Crippen MR) is 142 cm³/mol. The molecule has 35 heavy (non-hydrogen) atoms. The highest BCUT2D eigenvalue weighted by Crippen LogP contribution is 2.31. The van der Waals surface area contributed by atoms with Crippen LogP contribution >= 0.6 is 0 Å². The van der Waals surface area contributed by atoms with Crippen LogP contribution in [0.3, 0.4) is 0 Å². The first-order valence-electron chi connectivity index (χ1n) is 12.6. The Kier molecular flexibility index (Phi) is 10.3. The molecule has 192 valence electrons. The Morgan fingerprint density at radius 1 is 1.11 bits per heavy atom. The van der Waals surface area contributed by atoms with Gasteiger partial charge in [-0.1, -0.05) is 59.8 Å².